The van der Waals surface area contributed by atoms with Gasteiger partial charge in [-0.1, -0.05) is 23.7 Å². The number of nitrogens with one attached hydrogen (secondary N) is 2. The Morgan fingerprint density at radius 3 is 2.63 bits per heavy atom. The van der Waals surface area contributed by atoms with Gasteiger partial charge in [0.1, 0.15) is 0 Å². The van der Waals surface area contributed by atoms with Crippen molar-refractivity contribution in [3.63, 3.8) is 0 Å². The Morgan fingerprint density at radius 1 is 1.07 bits per heavy atom. The summed E-state index contributed by atoms with van der Waals surface area (Å²) in [5, 5.41) is 3.67. The highest BCUT2D eigenvalue weighted by Crippen LogP contribution is 2.20. The minimum absolute atomic E-state index is 0. The fourth-order valence-electron chi connectivity index (χ4n) is 2.79. The molecule has 1 aliphatic rings. The Labute approximate surface area is 170 Å². The maximum Gasteiger partial charge on any atom is 0.261 e. The number of carbonyl (C=O) groups excluding carboxylic acids is 1. The number of halogens is 2. The Morgan fingerprint density at radius 2 is 1.85 bits per heavy atom. The van der Waals surface area contributed by atoms with Crippen molar-refractivity contribution in [1.29, 1.82) is 0 Å². The highest BCUT2D eigenvalue weighted by molar-refractivity contribution is 7.92. The van der Waals surface area contributed by atoms with Crippen molar-refractivity contribution < 1.29 is 13.2 Å². The zero-order valence-corrected chi connectivity index (χ0v) is 16.9. The van der Waals surface area contributed by atoms with Crippen LogP contribution < -0.4 is 10.0 Å². The van der Waals surface area contributed by atoms with Gasteiger partial charge in [0.25, 0.3) is 15.9 Å². The van der Waals surface area contributed by atoms with Crippen LogP contribution in [0.25, 0.3) is 0 Å². The van der Waals surface area contributed by atoms with Crippen molar-refractivity contribution in [2.75, 3.05) is 30.9 Å². The first-order chi connectivity index (χ1) is 12.5. The van der Waals surface area contributed by atoms with Crippen LogP contribution in [-0.4, -0.2) is 45.4 Å². The molecule has 0 aliphatic carbocycles. The molecular formula is C18H21Cl2N3O3S. The number of rotatable bonds is 4. The van der Waals surface area contributed by atoms with Crippen molar-refractivity contribution in [2.24, 2.45) is 0 Å². The zero-order chi connectivity index (χ0) is 18.6. The summed E-state index contributed by atoms with van der Waals surface area (Å²) in [4.78, 5) is 14.5. The smallest absolute Gasteiger partial charge is 0.261 e. The zero-order valence-electron chi connectivity index (χ0n) is 14.5. The van der Waals surface area contributed by atoms with E-state index in [9.17, 15) is 13.2 Å². The SMILES string of the molecule is Cl.O=C(c1cccc(S(=O)(=O)Nc2cccc(Cl)c2)c1)N1CCCNCC1. The summed E-state index contributed by atoms with van der Waals surface area (Å²) >= 11 is 5.90. The lowest BCUT2D eigenvalue weighted by Crippen LogP contribution is -2.34. The van der Waals surface area contributed by atoms with Gasteiger partial charge in [0.05, 0.1) is 10.6 Å². The Bertz CT molecular complexity index is 898. The summed E-state index contributed by atoms with van der Waals surface area (Å²) in [6.07, 6.45) is 0.875. The van der Waals surface area contributed by atoms with Gasteiger partial charge in [-0.3, -0.25) is 9.52 Å². The normalized spacial score (nSPS) is 14.8. The molecule has 2 N–H and O–H groups in total. The van der Waals surface area contributed by atoms with Crippen LogP contribution in [0.4, 0.5) is 5.69 Å². The number of hydrogen-bond donors (Lipinski definition) is 2. The van der Waals surface area contributed by atoms with E-state index in [1.807, 2.05) is 0 Å². The van der Waals surface area contributed by atoms with Gasteiger partial charge in [-0.2, -0.15) is 0 Å². The number of hydrogen-bond acceptors (Lipinski definition) is 4. The predicted molar refractivity (Wildman–Crippen MR) is 109 cm³/mol. The molecule has 1 amide bonds. The molecule has 2 aromatic rings. The van der Waals surface area contributed by atoms with E-state index in [0.717, 1.165) is 19.5 Å². The molecule has 1 saturated heterocycles. The minimum atomic E-state index is -3.82. The Kier molecular flexibility index (Phi) is 7.49. The fourth-order valence-corrected chi connectivity index (χ4v) is 4.08. The quantitative estimate of drug-likeness (QED) is 0.782. The van der Waals surface area contributed by atoms with Gasteiger partial charge in [0.15, 0.2) is 0 Å². The lowest BCUT2D eigenvalue weighted by atomic mass is 10.2. The van der Waals surface area contributed by atoms with E-state index >= 15 is 0 Å². The molecular weight excluding hydrogens is 409 g/mol. The summed E-state index contributed by atoms with van der Waals surface area (Å²) < 4.78 is 27.7. The molecule has 6 nitrogen and oxygen atoms in total. The second-order valence-electron chi connectivity index (χ2n) is 6.04. The third-order valence-electron chi connectivity index (χ3n) is 4.10. The van der Waals surface area contributed by atoms with E-state index in [1.54, 1.807) is 35.2 Å². The third-order valence-corrected chi connectivity index (χ3v) is 5.71. The van der Waals surface area contributed by atoms with Crippen LogP contribution >= 0.6 is 24.0 Å². The van der Waals surface area contributed by atoms with Crippen molar-refractivity contribution in [1.82, 2.24) is 10.2 Å². The molecule has 0 bridgehead atoms. The topological polar surface area (TPSA) is 78.5 Å². The average molecular weight is 430 g/mol. The molecule has 3 rings (SSSR count). The van der Waals surface area contributed by atoms with Crippen molar-refractivity contribution in [3.8, 4) is 0 Å². The summed E-state index contributed by atoms with van der Waals surface area (Å²) in [5.74, 6) is -0.159. The minimum Gasteiger partial charge on any atom is -0.337 e. The van der Waals surface area contributed by atoms with E-state index in [-0.39, 0.29) is 23.2 Å². The van der Waals surface area contributed by atoms with Gasteiger partial charge >= 0.3 is 0 Å². The van der Waals surface area contributed by atoms with Gasteiger partial charge in [0, 0.05) is 30.2 Å². The van der Waals surface area contributed by atoms with Crippen molar-refractivity contribution in [3.05, 3.63) is 59.1 Å². The van der Waals surface area contributed by atoms with Crippen LogP contribution in [0.5, 0.6) is 0 Å². The van der Waals surface area contributed by atoms with E-state index in [2.05, 4.69) is 10.0 Å². The molecule has 0 saturated carbocycles. The first-order valence-corrected chi connectivity index (χ1v) is 10.2. The van der Waals surface area contributed by atoms with E-state index < -0.39 is 10.0 Å². The number of amides is 1. The van der Waals surface area contributed by atoms with Crippen LogP contribution in [0.2, 0.25) is 5.02 Å². The van der Waals surface area contributed by atoms with Gasteiger partial charge in [-0.05, 0) is 49.4 Å². The molecule has 27 heavy (non-hydrogen) atoms. The van der Waals surface area contributed by atoms with Crippen LogP contribution in [0, 0.1) is 0 Å². The molecule has 1 heterocycles. The second kappa shape index (κ2) is 9.41. The van der Waals surface area contributed by atoms with Crippen LogP contribution in [0.15, 0.2) is 53.4 Å². The number of sulfonamides is 1. The maximum absolute atomic E-state index is 12.7. The van der Waals surface area contributed by atoms with E-state index in [0.29, 0.717) is 29.4 Å². The van der Waals surface area contributed by atoms with E-state index in [1.165, 1.54) is 18.2 Å². The van der Waals surface area contributed by atoms with Crippen molar-refractivity contribution in [2.45, 2.75) is 11.3 Å². The first kappa shape index (κ1) is 21.5. The second-order valence-corrected chi connectivity index (χ2v) is 8.16. The lowest BCUT2D eigenvalue weighted by molar-refractivity contribution is 0.0766. The number of benzene rings is 2. The molecule has 146 valence electrons. The molecule has 0 spiro atoms. The lowest BCUT2D eigenvalue weighted by Gasteiger charge is -2.20. The monoisotopic (exact) mass is 429 g/mol. The van der Waals surface area contributed by atoms with E-state index in [4.69, 9.17) is 11.6 Å². The molecule has 9 heteroatoms. The average Bonchev–Trinajstić information content (AvgIpc) is 2.90. The number of anilines is 1. The number of nitrogens with zero attached hydrogens (tertiary/aromatic N) is 1. The molecule has 0 aromatic heterocycles. The Balaban J connectivity index is 0.00000261. The number of carbonyl (C=O) groups is 1. The summed E-state index contributed by atoms with van der Waals surface area (Å²) in [6.45, 7) is 2.88. The molecule has 0 radical (unpaired) electrons. The molecule has 0 unspecified atom stereocenters. The largest absolute Gasteiger partial charge is 0.337 e. The van der Waals surface area contributed by atoms with Gasteiger partial charge < -0.3 is 10.2 Å². The van der Waals surface area contributed by atoms with Gasteiger partial charge in [0.2, 0.25) is 0 Å². The molecule has 2 aromatic carbocycles. The summed E-state index contributed by atoms with van der Waals surface area (Å²) in [6, 6.07) is 12.6. The van der Waals surface area contributed by atoms with Gasteiger partial charge in [-0.15, -0.1) is 12.4 Å². The molecule has 0 atom stereocenters. The van der Waals surface area contributed by atoms with Crippen molar-refractivity contribution >= 4 is 45.6 Å². The highest BCUT2D eigenvalue weighted by atomic mass is 35.5. The first-order valence-electron chi connectivity index (χ1n) is 8.34. The highest BCUT2D eigenvalue weighted by Gasteiger charge is 2.20. The molecule has 1 aliphatic heterocycles. The Hall–Kier alpha value is -1.80. The summed E-state index contributed by atoms with van der Waals surface area (Å²) in [7, 11) is -3.82. The summed E-state index contributed by atoms with van der Waals surface area (Å²) in [5.41, 5.74) is 0.730. The fraction of sp³-hybridized carbons (Fsp3) is 0.278. The van der Waals surface area contributed by atoms with Crippen LogP contribution in [0.1, 0.15) is 16.8 Å². The third kappa shape index (κ3) is 5.59. The standard InChI is InChI=1S/C18H20ClN3O3S.ClH/c19-15-5-2-6-16(13-15)21-26(24,25)17-7-1-4-14(12-17)18(23)22-10-3-8-20-9-11-22;/h1-2,4-7,12-13,20-21H,3,8-11H2;1H. The van der Waals surface area contributed by atoms with Crippen LogP contribution in [-0.2, 0) is 10.0 Å². The van der Waals surface area contributed by atoms with Crippen LogP contribution in [0.3, 0.4) is 0 Å². The predicted octanol–water partition coefficient (Wildman–Crippen LogP) is 3.00. The molecule has 1 fully saturated rings. The maximum atomic E-state index is 12.7. The van der Waals surface area contributed by atoms with Gasteiger partial charge in [-0.25, -0.2) is 8.42 Å².